The first-order valence-corrected chi connectivity index (χ1v) is 8.62. The van der Waals surface area contributed by atoms with Gasteiger partial charge in [0.05, 0.1) is 0 Å². The van der Waals surface area contributed by atoms with Crippen molar-refractivity contribution in [1.29, 1.82) is 0 Å². The third kappa shape index (κ3) is 3.28. The molecule has 0 saturated carbocycles. The van der Waals surface area contributed by atoms with Gasteiger partial charge in [-0.3, -0.25) is 4.79 Å². The number of hydrogen-bond acceptors (Lipinski definition) is 3. The van der Waals surface area contributed by atoms with E-state index in [4.69, 9.17) is 0 Å². The van der Waals surface area contributed by atoms with Crippen molar-refractivity contribution in [3.05, 3.63) is 42.5 Å². The van der Waals surface area contributed by atoms with Crippen LogP contribution in [0, 0.1) is 5.92 Å². The predicted molar refractivity (Wildman–Crippen MR) is 92.8 cm³/mol. The summed E-state index contributed by atoms with van der Waals surface area (Å²) in [6.07, 6.45) is 0. The van der Waals surface area contributed by atoms with Crippen LogP contribution in [-0.2, 0) is 4.79 Å². The van der Waals surface area contributed by atoms with Crippen LogP contribution in [0.25, 0.3) is 10.8 Å². The summed E-state index contributed by atoms with van der Waals surface area (Å²) in [5.41, 5.74) is 0. The first-order valence-electron chi connectivity index (χ1n) is 7.84. The monoisotopic (exact) mass is 314 g/mol. The van der Waals surface area contributed by atoms with Crippen LogP contribution in [0.1, 0.15) is 13.8 Å². The van der Waals surface area contributed by atoms with Crippen molar-refractivity contribution in [2.75, 3.05) is 26.2 Å². The van der Waals surface area contributed by atoms with Gasteiger partial charge >= 0.3 is 0 Å². The standard InChI is InChI=1S/C18H22N2OS/c1-14(2)18(21)19-10-12-20(13-11-19)22-17-9-5-7-15-6-3-4-8-16(15)17/h3-9,14H,10-13H2,1-2H3. The maximum absolute atomic E-state index is 12.0. The largest absolute Gasteiger partial charge is 0.340 e. The van der Waals surface area contributed by atoms with Gasteiger partial charge in [-0.05, 0) is 28.8 Å². The first-order chi connectivity index (χ1) is 10.6. The van der Waals surface area contributed by atoms with Crippen LogP contribution in [-0.4, -0.2) is 41.3 Å². The molecule has 3 nitrogen and oxygen atoms in total. The Hall–Kier alpha value is -1.52. The molecule has 0 N–H and O–H groups in total. The summed E-state index contributed by atoms with van der Waals surface area (Å²) in [6.45, 7) is 7.45. The van der Waals surface area contributed by atoms with Gasteiger partial charge in [0.25, 0.3) is 0 Å². The summed E-state index contributed by atoms with van der Waals surface area (Å²) in [6, 6.07) is 14.9. The third-order valence-corrected chi connectivity index (χ3v) is 5.20. The lowest BCUT2D eigenvalue weighted by Crippen LogP contribution is -2.47. The van der Waals surface area contributed by atoms with E-state index in [1.54, 1.807) is 0 Å². The van der Waals surface area contributed by atoms with Crippen LogP contribution in [0.2, 0.25) is 0 Å². The molecule has 116 valence electrons. The molecule has 1 aliphatic rings. The zero-order valence-electron chi connectivity index (χ0n) is 13.2. The SMILES string of the molecule is CC(C)C(=O)N1CCN(Sc2cccc3ccccc23)CC1. The van der Waals surface area contributed by atoms with Gasteiger partial charge in [0.2, 0.25) is 5.91 Å². The van der Waals surface area contributed by atoms with Gasteiger partial charge in [0.1, 0.15) is 0 Å². The van der Waals surface area contributed by atoms with Crippen molar-refractivity contribution in [2.45, 2.75) is 18.7 Å². The van der Waals surface area contributed by atoms with E-state index in [0.29, 0.717) is 0 Å². The molecule has 0 unspecified atom stereocenters. The average Bonchev–Trinajstić information content (AvgIpc) is 2.55. The van der Waals surface area contributed by atoms with Crippen molar-refractivity contribution in [3.63, 3.8) is 0 Å². The molecule has 1 amide bonds. The molecule has 1 aliphatic heterocycles. The highest BCUT2D eigenvalue weighted by molar-refractivity contribution is 7.97. The minimum absolute atomic E-state index is 0.0947. The fourth-order valence-electron chi connectivity index (χ4n) is 2.78. The average molecular weight is 314 g/mol. The van der Waals surface area contributed by atoms with Gasteiger partial charge in [-0.2, -0.15) is 0 Å². The summed E-state index contributed by atoms with van der Waals surface area (Å²) < 4.78 is 2.37. The fourth-order valence-corrected chi connectivity index (χ4v) is 3.83. The topological polar surface area (TPSA) is 23.6 Å². The zero-order valence-corrected chi connectivity index (χ0v) is 14.0. The number of fused-ring (bicyclic) bond motifs is 1. The number of amides is 1. The molecule has 4 heteroatoms. The Morgan fingerprint density at radius 1 is 1.00 bits per heavy atom. The van der Waals surface area contributed by atoms with E-state index < -0.39 is 0 Å². The Kier molecular flexibility index (Phi) is 4.69. The molecule has 0 radical (unpaired) electrons. The Labute approximate surface area is 136 Å². The van der Waals surface area contributed by atoms with Gasteiger partial charge in [-0.25, -0.2) is 4.31 Å². The van der Waals surface area contributed by atoms with E-state index >= 15 is 0 Å². The smallest absolute Gasteiger partial charge is 0.225 e. The lowest BCUT2D eigenvalue weighted by molar-refractivity contribution is -0.135. The Balaban J connectivity index is 1.66. The number of rotatable bonds is 3. The second-order valence-electron chi connectivity index (χ2n) is 5.98. The van der Waals surface area contributed by atoms with E-state index in [1.807, 2.05) is 30.7 Å². The van der Waals surface area contributed by atoms with E-state index in [1.165, 1.54) is 15.7 Å². The summed E-state index contributed by atoms with van der Waals surface area (Å²) >= 11 is 1.81. The van der Waals surface area contributed by atoms with E-state index in [2.05, 4.69) is 46.8 Å². The van der Waals surface area contributed by atoms with Crippen LogP contribution in [0.5, 0.6) is 0 Å². The van der Waals surface area contributed by atoms with Crippen LogP contribution in [0.15, 0.2) is 47.4 Å². The summed E-state index contributed by atoms with van der Waals surface area (Å²) in [5, 5.41) is 2.58. The van der Waals surface area contributed by atoms with E-state index in [-0.39, 0.29) is 11.8 Å². The quantitative estimate of drug-likeness (QED) is 0.808. The van der Waals surface area contributed by atoms with E-state index in [0.717, 1.165) is 26.2 Å². The summed E-state index contributed by atoms with van der Waals surface area (Å²) in [5.74, 6) is 0.368. The highest BCUT2D eigenvalue weighted by Gasteiger charge is 2.23. The zero-order chi connectivity index (χ0) is 15.5. The van der Waals surface area contributed by atoms with Crippen LogP contribution < -0.4 is 0 Å². The molecule has 0 aliphatic carbocycles. The number of carbonyl (C=O) groups excluding carboxylic acids is 1. The second-order valence-corrected chi connectivity index (χ2v) is 7.12. The highest BCUT2D eigenvalue weighted by atomic mass is 32.2. The Morgan fingerprint density at radius 3 is 2.41 bits per heavy atom. The van der Waals surface area contributed by atoms with Crippen molar-refractivity contribution in [3.8, 4) is 0 Å². The molecule has 0 bridgehead atoms. The maximum Gasteiger partial charge on any atom is 0.225 e. The van der Waals surface area contributed by atoms with Crippen molar-refractivity contribution >= 4 is 28.6 Å². The molecule has 2 aromatic carbocycles. The van der Waals surface area contributed by atoms with Gasteiger partial charge in [0.15, 0.2) is 0 Å². The molecular weight excluding hydrogens is 292 g/mol. The van der Waals surface area contributed by atoms with Crippen molar-refractivity contribution in [1.82, 2.24) is 9.21 Å². The lowest BCUT2D eigenvalue weighted by Gasteiger charge is -2.34. The minimum atomic E-state index is 0.0947. The number of carbonyl (C=O) groups is 1. The van der Waals surface area contributed by atoms with Gasteiger partial charge in [0, 0.05) is 37.0 Å². The Bertz CT molecular complexity index is 658. The molecule has 1 saturated heterocycles. The molecule has 3 rings (SSSR count). The minimum Gasteiger partial charge on any atom is -0.340 e. The number of hydrogen-bond donors (Lipinski definition) is 0. The molecule has 22 heavy (non-hydrogen) atoms. The van der Waals surface area contributed by atoms with Crippen LogP contribution >= 0.6 is 11.9 Å². The summed E-state index contributed by atoms with van der Waals surface area (Å²) in [4.78, 5) is 15.3. The van der Waals surface area contributed by atoms with Gasteiger partial charge in [-0.1, -0.05) is 50.2 Å². The van der Waals surface area contributed by atoms with Gasteiger partial charge < -0.3 is 4.90 Å². The molecule has 0 aromatic heterocycles. The molecule has 0 spiro atoms. The fraction of sp³-hybridized carbons (Fsp3) is 0.389. The molecule has 2 aromatic rings. The number of piperazine rings is 1. The molecular formula is C18H22N2OS. The van der Waals surface area contributed by atoms with Gasteiger partial charge in [-0.15, -0.1) is 0 Å². The molecule has 1 fully saturated rings. The first kappa shape index (κ1) is 15.4. The van der Waals surface area contributed by atoms with Crippen LogP contribution in [0.3, 0.4) is 0 Å². The molecule has 1 heterocycles. The highest BCUT2D eigenvalue weighted by Crippen LogP contribution is 2.30. The summed E-state index contributed by atoms with van der Waals surface area (Å²) in [7, 11) is 0. The number of benzene rings is 2. The predicted octanol–water partition coefficient (Wildman–Crippen LogP) is 3.65. The second kappa shape index (κ2) is 6.71. The van der Waals surface area contributed by atoms with Crippen molar-refractivity contribution < 1.29 is 4.79 Å². The van der Waals surface area contributed by atoms with E-state index in [9.17, 15) is 4.79 Å². The third-order valence-electron chi connectivity index (χ3n) is 4.02. The Morgan fingerprint density at radius 2 is 1.68 bits per heavy atom. The lowest BCUT2D eigenvalue weighted by atomic mass is 10.1. The number of nitrogens with zero attached hydrogens (tertiary/aromatic N) is 2. The van der Waals surface area contributed by atoms with Crippen molar-refractivity contribution in [2.24, 2.45) is 5.92 Å². The van der Waals surface area contributed by atoms with Crippen LogP contribution in [0.4, 0.5) is 0 Å². The molecule has 0 atom stereocenters. The normalized spacial score (nSPS) is 16.4. The maximum atomic E-state index is 12.0.